The van der Waals surface area contributed by atoms with Crippen LogP contribution in [0.3, 0.4) is 0 Å². The van der Waals surface area contributed by atoms with Crippen LogP contribution in [0, 0.1) is 5.92 Å². The first-order valence-corrected chi connectivity index (χ1v) is 9.49. The fraction of sp³-hybridized carbons (Fsp3) is 0.389. The number of carbonyl (C=O) groups excluding carboxylic acids is 1. The second kappa shape index (κ2) is 7.33. The second-order valence-corrected chi connectivity index (χ2v) is 7.59. The van der Waals surface area contributed by atoms with Crippen molar-refractivity contribution in [1.82, 2.24) is 25.6 Å². The third-order valence-corrected chi connectivity index (χ3v) is 5.55. The number of piperidine rings is 1. The standard InChI is InChI=1S/C18H21N5OS/c24-18(14-5-6-16-17(9-14)21-22-20-16)19-10-13-3-1-7-23(11-13)12-15-4-2-8-25-15/h2,4-6,8-9,13H,1,3,7,10-12H2,(H,19,24)(H,20,21,22)/t13-/m0/s1. The maximum Gasteiger partial charge on any atom is 0.251 e. The summed E-state index contributed by atoms with van der Waals surface area (Å²) in [4.78, 5) is 16.3. The molecular weight excluding hydrogens is 334 g/mol. The summed E-state index contributed by atoms with van der Waals surface area (Å²) in [7, 11) is 0. The van der Waals surface area contributed by atoms with Crippen LogP contribution in [0.4, 0.5) is 0 Å². The lowest BCUT2D eigenvalue weighted by Crippen LogP contribution is -2.40. The van der Waals surface area contributed by atoms with E-state index >= 15 is 0 Å². The highest BCUT2D eigenvalue weighted by atomic mass is 32.1. The zero-order valence-corrected chi connectivity index (χ0v) is 14.8. The number of aromatic nitrogens is 3. The maximum atomic E-state index is 12.4. The first-order valence-electron chi connectivity index (χ1n) is 8.61. The van der Waals surface area contributed by atoms with Crippen molar-refractivity contribution in [3.63, 3.8) is 0 Å². The van der Waals surface area contributed by atoms with Crippen LogP contribution < -0.4 is 5.32 Å². The minimum absolute atomic E-state index is 0.0414. The molecule has 0 saturated carbocycles. The van der Waals surface area contributed by atoms with E-state index in [1.54, 1.807) is 12.1 Å². The number of nitrogens with zero attached hydrogens (tertiary/aromatic N) is 3. The maximum absolute atomic E-state index is 12.4. The zero-order valence-electron chi connectivity index (χ0n) is 13.9. The number of likely N-dealkylation sites (tertiary alicyclic amines) is 1. The molecule has 1 amide bonds. The van der Waals surface area contributed by atoms with Crippen molar-refractivity contribution in [3.05, 3.63) is 46.2 Å². The largest absolute Gasteiger partial charge is 0.352 e. The van der Waals surface area contributed by atoms with Crippen LogP contribution in [0.2, 0.25) is 0 Å². The number of H-pyrrole nitrogens is 1. The van der Waals surface area contributed by atoms with Crippen molar-refractivity contribution in [1.29, 1.82) is 0 Å². The van der Waals surface area contributed by atoms with Crippen molar-refractivity contribution in [2.45, 2.75) is 19.4 Å². The van der Waals surface area contributed by atoms with Crippen LogP contribution in [-0.4, -0.2) is 45.9 Å². The average Bonchev–Trinajstić information content (AvgIpc) is 3.30. The van der Waals surface area contributed by atoms with Crippen molar-refractivity contribution >= 4 is 28.3 Å². The van der Waals surface area contributed by atoms with E-state index in [4.69, 9.17) is 0 Å². The number of amides is 1. The Bertz CT molecular complexity index is 844. The Morgan fingerprint density at radius 2 is 2.24 bits per heavy atom. The molecule has 0 unspecified atom stereocenters. The van der Waals surface area contributed by atoms with Gasteiger partial charge in [-0.25, -0.2) is 0 Å². The molecule has 1 aliphatic heterocycles. The smallest absolute Gasteiger partial charge is 0.251 e. The van der Waals surface area contributed by atoms with E-state index in [0.29, 0.717) is 17.0 Å². The van der Waals surface area contributed by atoms with E-state index in [9.17, 15) is 4.79 Å². The third-order valence-electron chi connectivity index (χ3n) is 4.69. The Hall–Kier alpha value is -2.25. The van der Waals surface area contributed by atoms with E-state index in [1.165, 1.54) is 17.7 Å². The van der Waals surface area contributed by atoms with Gasteiger partial charge in [-0.2, -0.15) is 15.4 Å². The summed E-state index contributed by atoms with van der Waals surface area (Å²) >= 11 is 1.81. The van der Waals surface area contributed by atoms with E-state index in [1.807, 2.05) is 17.4 Å². The van der Waals surface area contributed by atoms with Crippen molar-refractivity contribution < 1.29 is 4.79 Å². The summed E-state index contributed by atoms with van der Waals surface area (Å²) in [6.07, 6.45) is 2.36. The van der Waals surface area contributed by atoms with Gasteiger partial charge in [0.2, 0.25) is 0 Å². The molecule has 0 bridgehead atoms. The normalized spacial score (nSPS) is 18.5. The number of nitrogens with one attached hydrogen (secondary N) is 2. The lowest BCUT2D eigenvalue weighted by Gasteiger charge is -2.32. The number of fused-ring (bicyclic) bond motifs is 1. The first-order chi connectivity index (χ1) is 12.3. The molecule has 3 heterocycles. The van der Waals surface area contributed by atoms with Crippen molar-refractivity contribution in [2.24, 2.45) is 5.92 Å². The van der Waals surface area contributed by atoms with E-state index in [0.717, 1.165) is 31.7 Å². The fourth-order valence-electron chi connectivity index (χ4n) is 3.41. The van der Waals surface area contributed by atoms with Crippen LogP contribution >= 0.6 is 11.3 Å². The van der Waals surface area contributed by atoms with E-state index in [-0.39, 0.29) is 5.91 Å². The molecular formula is C18H21N5OS. The molecule has 3 aromatic rings. The predicted octanol–water partition coefficient (Wildman–Crippen LogP) is 2.66. The Balaban J connectivity index is 1.31. The van der Waals surface area contributed by atoms with Crippen LogP contribution in [0.1, 0.15) is 28.1 Å². The Kier molecular flexibility index (Phi) is 4.76. The third kappa shape index (κ3) is 3.88. The van der Waals surface area contributed by atoms with Gasteiger partial charge in [-0.05, 0) is 54.9 Å². The molecule has 0 radical (unpaired) electrons. The van der Waals surface area contributed by atoms with E-state index in [2.05, 4.69) is 43.1 Å². The molecule has 7 heteroatoms. The van der Waals surface area contributed by atoms with Gasteiger partial charge in [0.25, 0.3) is 5.91 Å². The van der Waals surface area contributed by atoms with Gasteiger partial charge in [-0.15, -0.1) is 11.3 Å². The predicted molar refractivity (Wildman–Crippen MR) is 98.5 cm³/mol. The van der Waals surface area contributed by atoms with Gasteiger partial charge >= 0.3 is 0 Å². The average molecular weight is 355 g/mol. The number of aromatic amines is 1. The summed E-state index contributed by atoms with van der Waals surface area (Å²) in [6, 6.07) is 9.68. The summed E-state index contributed by atoms with van der Waals surface area (Å²) in [5.74, 6) is 0.466. The highest BCUT2D eigenvalue weighted by Crippen LogP contribution is 2.20. The summed E-state index contributed by atoms with van der Waals surface area (Å²) < 4.78 is 0. The van der Waals surface area contributed by atoms with Gasteiger partial charge in [0.1, 0.15) is 11.0 Å². The van der Waals surface area contributed by atoms with Gasteiger partial charge in [0.15, 0.2) is 0 Å². The molecule has 1 atom stereocenters. The lowest BCUT2D eigenvalue weighted by atomic mass is 9.98. The number of rotatable bonds is 5. The number of thiophene rings is 1. The molecule has 4 rings (SSSR count). The molecule has 2 N–H and O–H groups in total. The molecule has 6 nitrogen and oxygen atoms in total. The van der Waals surface area contributed by atoms with Crippen LogP contribution in [0.25, 0.3) is 11.0 Å². The minimum atomic E-state index is -0.0414. The molecule has 1 saturated heterocycles. The monoisotopic (exact) mass is 355 g/mol. The van der Waals surface area contributed by atoms with Crippen LogP contribution in [-0.2, 0) is 6.54 Å². The summed E-state index contributed by atoms with van der Waals surface area (Å²) in [6.45, 7) is 3.92. The molecule has 1 aromatic carbocycles. The molecule has 2 aromatic heterocycles. The Morgan fingerprint density at radius 3 is 3.12 bits per heavy atom. The fourth-order valence-corrected chi connectivity index (χ4v) is 4.15. The van der Waals surface area contributed by atoms with Crippen LogP contribution in [0.5, 0.6) is 0 Å². The summed E-state index contributed by atoms with van der Waals surface area (Å²) in [5, 5.41) is 15.8. The number of carbonyl (C=O) groups is 1. The van der Waals surface area contributed by atoms with E-state index < -0.39 is 0 Å². The molecule has 1 aliphatic rings. The number of benzene rings is 1. The molecule has 130 valence electrons. The van der Waals surface area contributed by atoms with Crippen LogP contribution in [0.15, 0.2) is 35.7 Å². The minimum Gasteiger partial charge on any atom is -0.352 e. The number of hydrogen-bond donors (Lipinski definition) is 2. The zero-order chi connectivity index (χ0) is 17.1. The summed E-state index contributed by atoms with van der Waals surface area (Å²) in [5.41, 5.74) is 2.12. The first kappa shape index (κ1) is 16.2. The van der Waals surface area contributed by atoms with Gasteiger partial charge in [0.05, 0.1) is 0 Å². The Labute approximate surface area is 150 Å². The molecule has 25 heavy (non-hydrogen) atoms. The highest BCUT2D eigenvalue weighted by Gasteiger charge is 2.21. The van der Waals surface area contributed by atoms with Gasteiger partial charge < -0.3 is 5.32 Å². The van der Waals surface area contributed by atoms with Gasteiger partial charge in [0, 0.05) is 30.1 Å². The van der Waals surface area contributed by atoms with Gasteiger partial charge in [-0.1, -0.05) is 6.07 Å². The quantitative estimate of drug-likeness (QED) is 0.738. The topological polar surface area (TPSA) is 73.9 Å². The van der Waals surface area contributed by atoms with Gasteiger partial charge in [-0.3, -0.25) is 9.69 Å². The molecule has 0 aliphatic carbocycles. The Morgan fingerprint density at radius 1 is 1.32 bits per heavy atom. The molecule has 0 spiro atoms. The lowest BCUT2D eigenvalue weighted by molar-refractivity contribution is 0.0931. The number of hydrogen-bond acceptors (Lipinski definition) is 5. The molecule has 1 fully saturated rings. The second-order valence-electron chi connectivity index (χ2n) is 6.56. The van der Waals surface area contributed by atoms with Crippen molar-refractivity contribution in [3.8, 4) is 0 Å². The highest BCUT2D eigenvalue weighted by molar-refractivity contribution is 7.09. The SMILES string of the molecule is O=C(NC[C@@H]1CCCN(Cc2cccs2)C1)c1ccc2n[nH]nc2c1. The van der Waals surface area contributed by atoms with Crippen molar-refractivity contribution in [2.75, 3.05) is 19.6 Å².